The molecule has 1 N–H and O–H groups in total. The lowest BCUT2D eigenvalue weighted by molar-refractivity contribution is -0.275. The number of hydrogen-bond acceptors (Lipinski definition) is 4. The predicted molar refractivity (Wildman–Crippen MR) is 132 cm³/mol. The quantitative estimate of drug-likeness (QED) is 0.376. The van der Waals surface area contributed by atoms with Gasteiger partial charge in [-0.05, 0) is 68.0 Å². The molecule has 10 heteroatoms. The van der Waals surface area contributed by atoms with Crippen LogP contribution in [0.15, 0.2) is 41.6 Å². The van der Waals surface area contributed by atoms with Gasteiger partial charge in [-0.1, -0.05) is 40.5 Å². The van der Waals surface area contributed by atoms with Gasteiger partial charge in [0.25, 0.3) is 5.60 Å². The zero-order valence-electron chi connectivity index (χ0n) is 19.7. The lowest BCUT2D eigenvalue weighted by Crippen LogP contribution is -2.42. The maximum atomic E-state index is 14.2. The van der Waals surface area contributed by atoms with Gasteiger partial charge in [-0.3, -0.25) is 9.59 Å². The summed E-state index contributed by atoms with van der Waals surface area (Å²) >= 11 is 11.9. The Balaban J connectivity index is 1.47. The second-order valence-electron chi connectivity index (χ2n) is 9.44. The van der Waals surface area contributed by atoms with Gasteiger partial charge in [0.05, 0.1) is 5.71 Å². The fraction of sp³-hybridized carbons (Fsp3) is 0.423. The van der Waals surface area contributed by atoms with Crippen LogP contribution in [0.3, 0.4) is 0 Å². The van der Waals surface area contributed by atoms with Crippen molar-refractivity contribution in [3.8, 4) is 0 Å². The van der Waals surface area contributed by atoms with Gasteiger partial charge >= 0.3 is 6.18 Å². The van der Waals surface area contributed by atoms with Gasteiger partial charge in [0.2, 0.25) is 5.91 Å². The Hall–Kier alpha value is -2.58. The summed E-state index contributed by atoms with van der Waals surface area (Å²) in [5.74, 6) is 0.143. The van der Waals surface area contributed by atoms with Crippen molar-refractivity contribution < 1.29 is 27.6 Å². The number of oxime groups is 1. The van der Waals surface area contributed by atoms with Crippen molar-refractivity contribution in [2.45, 2.75) is 63.8 Å². The zero-order chi connectivity index (χ0) is 26.3. The van der Waals surface area contributed by atoms with Crippen molar-refractivity contribution in [2.75, 3.05) is 0 Å². The topological polar surface area (TPSA) is 67.8 Å². The molecule has 1 heterocycles. The van der Waals surface area contributed by atoms with Crippen LogP contribution in [0.4, 0.5) is 13.2 Å². The average Bonchev–Trinajstić information content (AvgIpc) is 3.53. The molecule has 2 unspecified atom stereocenters. The molecule has 1 amide bonds. The number of carbonyl (C=O) groups is 2. The Morgan fingerprint density at radius 2 is 1.81 bits per heavy atom. The normalized spacial score (nSPS) is 20.5. The van der Waals surface area contributed by atoms with E-state index >= 15 is 0 Å². The molecule has 0 saturated heterocycles. The van der Waals surface area contributed by atoms with E-state index in [1.807, 2.05) is 6.92 Å². The van der Waals surface area contributed by atoms with Crippen LogP contribution in [0, 0.1) is 12.8 Å². The van der Waals surface area contributed by atoms with Crippen molar-refractivity contribution in [3.05, 3.63) is 68.7 Å². The smallest absolute Gasteiger partial charge is 0.374 e. The summed E-state index contributed by atoms with van der Waals surface area (Å²) in [6.45, 7) is 3.65. The molecule has 2 aliphatic rings. The summed E-state index contributed by atoms with van der Waals surface area (Å²) < 4.78 is 42.7. The standard InChI is InChI=1S/C26H25Cl2F3N2O3/c1-14-9-17(5-6-21(14)23(34)7-8-24(35)32-15(2)16-3-4-16)22-13-25(36-33-22,26(29,30)31)18-10-19(27)12-20(28)11-18/h5-6,9-12,15-16H,3-4,7-8,13H2,1-2H3,(H,32,35). The molecule has 1 fully saturated rings. The molecule has 1 saturated carbocycles. The molecular formula is C26H25Cl2F3N2O3. The summed E-state index contributed by atoms with van der Waals surface area (Å²) in [4.78, 5) is 29.9. The maximum absolute atomic E-state index is 14.2. The number of carbonyl (C=O) groups excluding carboxylic acids is 2. The minimum atomic E-state index is -4.80. The first-order valence-electron chi connectivity index (χ1n) is 11.6. The third kappa shape index (κ3) is 5.54. The number of alkyl halides is 3. The highest BCUT2D eigenvalue weighted by Gasteiger charge is 2.62. The van der Waals surface area contributed by atoms with Crippen molar-refractivity contribution in [1.29, 1.82) is 0 Å². The first-order valence-corrected chi connectivity index (χ1v) is 12.4. The van der Waals surface area contributed by atoms with Crippen LogP contribution in [0.1, 0.15) is 66.1 Å². The van der Waals surface area contributed by atoms with E-state index in [1.54, 1.807) is 19.1 Å². The summed E-state index contributed by atoms with van der Waals surface area (Å²) in [6.07, 6.45) is -3.04. The molecule has 4 rings (SSSR count). The van der Waals surface area contributed by atoms with E-state index in [2.05, 4.69) is 10.5 Å². The fourth-order valence-electron chi connectivity index (χ4n) is 4.40. The number of halogens is 5. The van der Waals surface area contributed by atoms with Crippen molar-refractivity contribution in [2.24, 2.45) is 11.1 Å². The lowest BCUT2D eigenvalue weighted by Gasteiger charge is -2.29. The van der Waals surface area contributed by atoms with Crippen molar-refractivity contribution >= 4 is 40.6 Å². The minimum Gasteiger partial charge on any atom is -0.374 e. The van der Waals surface area contributed by atoms with Gasteiger partial charge in [-0.25, -0.2) is 0 Å². The van der Waals surface area contributed by atoms with E-state index in [1.165, 1.54) is 12.1 Å². The summed E-state index contributed by atoms with van der Waals surface area (Å²) in [7, 11) is 0. The predicted octanol–water partition coefficient (Wildman–Crippen LogP) is 6.76. The van der Waals surface area contributed by atoms with Gasteiger partial charge in [0.1, 0.15) is 0 Å². The van der Waals surface area contributed by atoms with E-state index < -0.39 is 18.2 Å². The molecule has 0 radical (unpaired) electrons. The number of nitrogens with zero attached hydrogens (tertiary/aromatic N) is 1. The largest absolute Gasteiger partial charge is 0.435 e. The molecule has 2 aromatic rings. The van der Waals surface area contributed by atoms with Gasteiger partial charge in [0.15, 0.2) is 5.78 Å². The van der Waals surface area contributed by atoms with Crippen LogP contribution in [-0.2, 0) is 15.2 Å². The molecule has 0 spiro atoms. The highest BCUT2D eigenvalue weighted by Crippen LogP contribution is 2.49. The number of benzene rings is 2. The highest BCUT2D eigenvalue weighted by molar-refractivity contribution is 6.34. The fourth-order valence-corrected chi connectivity index (χ4v) is 4.93. The number of amides is 1. The van der Waals surface area contributed by atoms with Crippen LogP contribution in [0.2, 0.25) is 10.0 Å². The van der Waals surface area contributed by atoms with E-state index in [0.29, 0.717) is 22.6 Å². The first-order chi connectivity index (χ1) is 16.9. The molecule has 0 aromatic heterocycles. The maximum Gasteiger partial charge on any atom is 0.435 e. The van der Waals surface area contributed by atoms with Crippen LogP contribution in [-0.4, -0.2) is 29.6 Å². The molecule has 1 aliphatic carbocycles. The van der Waals surface area contributed by atoms with Gasteiger partial charge < -0.3 is 10.2 Å². The molecule has 2 atom stereocenters. The molecule has 36 heavy (non-hydrogen) atoms. The van der Waals surface area contributed by atoms with Crippen LogP contribution in [0.25, 0.3) is 0 Å². The lowest BCUT2D eigenvalue weighted by atomic mass is 9.86. The molecule has 2 aromatic carbocycles. The number of hydrogen-bond donors (Lipinski definition) is 1. The SMILES string of the molecule is Cc1cc(C2=NOC(c3cc(Cl)cc(Cl)c3)(C(F)(F)F)C2)ccc1C(=O)CCC(=O)NC(C)C1CC1. The second kappa shape index (κ2) is 10.1. The Bertz CT molecular complexity index is 1210. The van der Waals surface area contributed by atoms with Gasteiger partial charge in [0, 0.05) is 46.5 Å². The molecular weight excluding hydrogens is 516 g/mol. The zero-order valence-corrected chi connectivity index (χ0v) is 21.2. The van der Waals surface area contributed by atoms with Crippen molar-refractivity contribution in [1.82, 2.24) is 5.32 Å². The molecule has 5 nitrogen and oxygen atoms in total. The average molecular weight is 541 g/mol. The van der Waals surface area contributed by atoms with E-state index in [4.69, 9.17) is 28.0 Å². The highest BCUT2D eigenvalue weighted by atomic mass is 35.5. The Morgan fingerprint density at radius 1 is 1.14 bits per heavy atom. The summed E-state index contributed by atoms with van der Waals surface area (Å²) in [5, 5.41) is 6.77. The molecule has 192 valence electrons. The second-order valence-corrected chi connectivity index (χ2v) is 10.3. The van der Waals surface area contributed by atoms with Gasteiger partial charge in [-0.2, -0.15) is 13.2 Å². The number of Topliss-reactive ketones (excluding diaryl/α,β-unsaturated/α-hetero) is 1. The van der Waals surface area contributed by atoms with E-state index in [-0.39, 0.29) is 51.9 Å². The Labute approximate surface area is 217 Å². The molecule has 1 aliphatic heterocycles. The van der Waals surface area contributed by atoms with Crippen molar-refractivity contribution in [3.63, 3.8) is 0 Å². The monoisotopic (exact) mass is 540 g/mol. The van der Waals surface area contributed by atoms with Crippen LogP contribution < -0.4 is 5.32 Å². The number of nitrogens with one attached hydrogen (secondary N) is 1. The van der Waals surface area contributed by atoms with Gasteiger partial charge in [-0.15, -0.1) is 0 Å². The van der Waals surface area contributed by atoms with E-state index in [0.717, 1.165) is 25.0 Å². The minimum absolute atomic E-state index is 0.0418. The third-order valence-corrected chi connectivity index (χ3v) is 7.11. The van der Waals surface area contributed by atoms with Crippen LogP contribution in [0.5, 0.6) is 0 Å². The number of rotatable bonds is 8. The third-order valence-electron chi connectivity index (χ3n) is 6.67. The molecule has 0 bridgehead atoms. The Kier molecular flexibility index (Phi) is 7.40. The van der Waals surface area contributed by atoms with Crippen LogP contribution >= 0.6 is 23.2 Å². The van der Waals surface area contributed by atoms with E-state index in [9.17, 15) is 22.8 Å². The Morgan fingerprint density at radius 3 is 2.39 bits per heavy atom. The summed E-state index contributed by atoms with van der Waals surface area (Å²) in [6, 6.07) is 8.45. The number of ketones is 1. The summed E-state index contributed by atoms with van der Waals surface area (Å²) in [5.41, 5.74) is -1.51. The first kappa shape index (κ1) is 26.5. The number of aryl methyl sites for hydroxylation is 1.